The van der Waals surface area contributed by atoms with Crippen LogP contribution in [-0.2, 0) is 0 Å². The van der Waals surface area contributed by atoms with Gasteiger partial charge in [0.25, 0.3) is 0 Å². The van der Waals surface area contributed by atoms with Crippen LogP contribution in [0.1, 0.15) is 0 Å². The van der Waals surface area contributed by atoms with Crippen molar-refractivity contribution in [3.05, 3.63) is 170 Å². The molecule has 0 amide bonds. The largest absolute Gasteiger partial charge is 0.309 e. The number of hydrogen-bond donors (Lipinski definition) is 0. The van der Waals surface area contributed by atoms with Gasteiger partial charge in [0.2, 0.25) is 0 Å². The molecule has 2 nitrogen and oxygen atoms in total. The third kappa shape index (κ3) is 3.31. The fourth-order valence-corrected chi connectivity index (χ4v) is 8.51. The van der Waals surface area contributed by atoms with Gasteiger partial charge in [0, 0.05) is 43.4 Å². The van der Waals surface area contributed by atoms with Crippen molar-refractivity contribution in [1.29, 1.82) is 0 Å². The van der Waals surface area contributed by atoms with Gasteiger partial charge in [-0.3, -0.25) is 0 Å². The molecule has 0 aliphatic carbocycles. The smallest absolute Gasteiger partial charge is 0.0647 e. The second kappa shape index (κ2) is 9.57. The van der Waals surface area contributed by atoms with Gasteiger partial charge in [0.1, 0.15) is 0 Å². The van der Waals surface area contributed by atoms with Crippen molar-refractivity contribution in [3.8, 4) is 27.9 Å². The van der Waals surface area contributed by atoms with Gasteiger partial charge in [-0.1, -0.05) is 146 Å². The van der Waals surface area contributed by atoms with E-state index in [2.05, 4.69) is 179 Å². The second-order valence-electron chi connectivity index (χ2n) is 12.9. The first-order valence-electron chi connectivity index (χ1n) is 16.6. The average Bonchev–Trinajstić information content (AvgIpc) is 3.81. The SMILES string of the molecule is c1ccc(-c2ccccc2-c2ccc(-n3c4ccccc4c4c5ccccc5c5c(c6cccc7c8ccccc8n5c76)c43)cc2)cc1. The molecule has 0 spiro atoms. The van der Waals surface area contributed by atoms with E-state index in [0.717, 1.165) is 5.69 Å². The maximum absolute atomic E-state index is 2.53. The normalized spacial score (nSPS) is 12.2. The Morgan fingerprint density at radius 2 is 0.833 bits per heavy atom. The van der Waals surface area contributed by atoms with Gasteiger partial charge in [-0.2, -0.15) is 0 Å². The molecule has 0 saturated carbocycles. The number of nitrogens with zero attached hydrogens (tertiary/aromatic N) is 2. The molecule has 0 bridgehead atoms. The third-order valence-electron chi connectivity index (χ3n) is 10.4. The minimum Gasteiger partial charge on any atom is -0.309 e. The first-order valence-corrected chi connectivity index (χ1v) is 16.6. The van der Waals surface area contributed by atoms with Gasteiger partial charge in [0.15, 0.2) is 0 Å². The summed E-state index contributed by atoms with van der Waals surface area (Å²) in [6, 6.07) is 62.2. The zero-order valence-electron chi connectivity index (χ0n) is 26.1. The van der Waals surface area contributed by atoms with Gasteiger partial charge in [0.05, 0.1) is 27.6 Å². The Hall–Kier alpha value is -6.38. The van der Waals surface area contributed by atoms with Crippen LogP contribution >= 0.6 is 0 Å². The highest BCUT2D eigenvalue weighted by molar-refractivity contribution is 6.39. The molecule has 11 aromatic rings. The monoisotopic (exact) mass is 608 g/mol. The Balaban J connectivity index is 1.27. The summed E-state index contributed by atoms with van der Waals surface area (Å²) < 4.78 is 5.04. The van der Waals surface area contributed by atoms with Crippen LogP contribution in [0.15, 0.2) is 170 Å². The maximum Gasteiger partial charge on any atom is 0.0647 e. The molecule has 11 rings (SSSR count). The molecule has 0 aliphatic rings. The van der Waals surface area contributed by atoms with Crippen LogP contribution in [0.5, 0.6) is 0 Å². The molecule has 0 aliphatic heterocycles. The van der Waals surface area contributed by atoms with E-state index < -0.39 is 0 Å². The number of fused-ring (bicyclic) bond motifs is 13. The lowest BCUT2D eigenvalue weighted by atomic mass is 9.94. The van der Waals surface area contributed by atoms with Crippen LogP contribution in [0.2, 0.25) is 0 Å². The fraction of sp³-hybridized carbons (Fsp3) is 0. The van der Waals surface area contributed by atoms with E-state index in [9.17, 15) is 0 Å². The number of rotatable bonds is 3. The van der Waals surface area contributed by atoms with Gasteiger partial charge >= 0.3 is 0 Å². The molecule has 48 heavy (non-hydrogen) atoms. The molecular weight excluding hydrogens is 581 g/mol. The van der Waals surface area contributed by atoms with Crippen molar-refractivity contribution in [2.24, 2.45) is 0 Å². The van der Waals surface area contributed by atoms with E-state index in [1.165, 1.54) is 92.9 Å². The standard InChI is InChI=1S/C46H28N2/c1-2-13-29(14-3-1)32-15-4-5-16-33(32)30-25-27-31(28-26-30)47-41-24-11-9-20-38(41)42-35-18-6-7-19-37(35)45-43(46(42)47)39-22-12-21-36-34-17-8-10-23-40(34)48(45)44(36)39/h1-28H. The molecule has 3 heterocycles. The molecule has 0 N–H and O–H groups in total. The molecule has 2 heteroatoms. The summed E-state index contributed by atoms with van der Waals surface area (Å²) in [5.41, 5.74) is 12.4. The number of hydrogen-bond acceptors (Lipinski definition) is 0. The summed E-state index contributed by atoms with van der Waals surface area (Å²) in [5.74, 6) is 0. The van der Waals surface area contributed by atoms with Gasteiger partial charge in [-0.15, -0.1) is 0 Å². The highest BCUT2D eigenvalue weighted by Crippen LogP contribution is 2.48. The topological polar surface area (TPSA) is 9.34 Å². The average molecular weight is 609 g/mol. The van der Waals surface area contributed by atoms with Crippen molar-refractivity contribution < 1.29 is 0 Å². The maximum atomic E-state index is 2.53. The van der Waals surface area contributed by atoms with Crippen LogP contribution in [0.4, 0.5) is 0 Å². The lowest BCUT2D eigenvalue weighted by Crippen LogP contribution is -1.95. The van der Waals surface area contributed by atoms with Crippen LogP contribution in [0.3, 0.4) is 0 Å². The van der Waals surface area contributed by atoms with E-state index in [1.807, 2.05) is 0 Å². The van der Waals surface area contributed by atoms with E-state index >= 15 is 0 Å². The first kappa shape index (κ1) is 25.8. The van der Waals surface area contributed by atoms with Crippen LogP contribution in [0, 0.1) is 0 Å². The van der Waals surface area contributed by atoms with E-state index in [0.29, 0.717) is 0 Å². The predicted octanol–water partition coefficient (Wildman–Crippen LogP) is 12.4. The molecule has 8 aromatic carbocycles. The van der Waals surface area contributed by atoms with E-state index in [-0.39, 0.29) is 0 Å². The molecule has 222 valence electrons. The predicted molar refractivity (Wildman–Crippen MR) is 204 cm³/mol. The Morgan fingerprint density at radius 3 is 1.60 bits per heavy atom. The van der Waals surface area contributed by atoms with Crippen LogP contribution < -0.4 is 0 Å². The molecular formula is C46H28N2. The molecule has 0 fully saturated rings. The first-order chi connectivity index (χ1) is 23.9. The molecule has 0 unspecified atom stereocenters. The van der Waals surface area contributed by atoms with E-state index in [4.69, 9.17) is 0 Å². The Morgan fingerprint density at radius 1 is 0.292 bits per heavy atom. The van der Waals surface area contributed by atoms with Gasteiger partial charge < -0.3 is 8.97 Å². The van der Waals surface area contributed by atoms with Crippen LogP contribution in [0.25, 0.3) is 98.6 Å². The van der Waals surface area contributed by atoms with Crippen molar-refractivity contribution in [3.63, 3.8) is 0 Å². The summed E-state index contributed by atoms with van der Waals surface area (Å²) >= 11 is 0. The Kier molecular flexibility index (Phi) is 5.14. The number of aromatic nitrogens is 2. The zero-order chi connectivity index (χ0) is 31.3. The summed E-state index contributed by atoms with van der Waals surface area (Å²) in [7, 11) is 0. The summed E-state index contributed by atoms with van der Waals surface area (Å²) in [4.78, 5) is 0. The summed E-state index contributed by atoms with van der Waals surface area (Å²) in [6.45, 7) is 0. The van der Waals surface area contributed by atoms with Gasteiger partial charge in [-0.25, -0.2) is 0 Å². The molecule has 0 radical (unpaired) electrons. The summed E-state index contributed by atoms with van der Waals surface area (Å²) in [6.07, 6.45) is 0. The van der Waals surface area contributed by atoms with Crippen LogP contribution in [-0.4, -0.2) is 8.97 Å². The molecule has 0 saturated heterocycles. The van der Waals surface area contributed by atoms with Gasteiger partial charge in [-0.05, 0) is 51.9 Å². The minimum atomic E-state index is 1.16. The number of para-hydroxylation sites is 3. The number of benzene rings is 8. The van der Waals surface area contributed by atoms with Crippen molar-refractivity contribution in [1.82, 2.24) is 8.97 Å². The summed E-state index contributed by atoms with van der Waals surface area (Å²) in [5, 5.41) is 10.4. The van der Waals surface area contributed by atoms with Crippen molar-refractivity contribution in [2.45, 2.75) is 0 Å². The minimum absolute atomic E-state index is 1.16. The Bertz CT molecular complexity index is 3030. The molecule has 3 aromatic heterocycles. The zero-order valence-corrected chi connectivity index (χ0v) is 26.1. The highest BCUT2D eigenvalue weighted by Gasteiger charge is 2.25. The lowest BCUT2D eigenvalue weighted by molar-refractivity contribution is 1.19. The second-order valence-corrected chi connectivity index (χ2v) is 12.9. The van der Waals surface area contributed by atoms with E-state index in [1.54, 1.807) is 0 Å². The fourth-order valence-electron chi connectivity index (χ4n) is 8.51. The quantitative estimate of drug-likeness (QED) is 0.189. The third-order valence-corrected chi connectivity index (χ3v) is 10.4. The van der Waals surface area contributed by atoms with Crippen molar-refractivity contribution >= 4 is 70.7 Å². The lowest BCUT2D eigenvalue weighted by Gasteiger charge is -2.13. The van der Waals surface area contributed by atoms with Crippen molar-refractivity contribution in [2.75, 3.05) is 0 Å². The highest BCUT2D eigenvalue weighted by atomic mass is 15.0. The Labute approximate surface area is 276 Å². The molecule has 0 atom stereocenters.